The van der Waals surface area contributed by atoms with E-state index in [9.17, 15) is 0 Å². The maximum absolute atomic E-state index is 5.26. The van der Waals surface area contributed by atoms with Crippen molar-refractivity contribution in [3.8, 4) is 0 Å². The van der Waals surface area contributed by atoms with Crippen molar-refractivity contribution in [1.29, 1.82) is 0 Å². The second kappa shape index (κ2) is 10.0. The number of ether oxygens (including phenoxy) is 2. The Morgan fingerprint density at radius 3 is 1.70 bits per heavy atom. The van der Waals surface area contributed by atoms with Crippen LogP contribution in [0.2, 0.25) is 0 Å². The zero-order valence-corrected chi connectivity index (χ0v) is 17.3. The van der Waals surface area contributed by atoms with Crippen LogP contribution in [-0.2, 0) is 9.47 Å². The summed E-state index contributed by atoms with van der Waals surface area (Å²) in [5, 5.41) is 7.04. The molecular formula is C17H34IN3O2. The molecule has 2 aliphatic rings. The van der Waals surface area contributed by atoms with Gasteiger partial charge in [0.25, 0.3) is 0 Å². The number of methoxy groups -OCH3 is 2. The Kier molecular flexibility index (Phi) is 9.15. The summed E-state index contributed by atoms with van der Waals surface area (Å²) in [6.07, 6.45) is 8.85. The van der Waals surface area contributed by atoms with E-state index in [-0.39, 0.29) is 24.0 Å². The maximum atomic E-state index is 5.26. The minimum Gasteiger partial charge on any atom is -0.385 e. The minimum absolute atomic E-state index is 0. The molecule has 0 aromatic carbocycles. The fourth-order valence-electron chi connectivity index (χ4n) is 3.28. The summed E-state index contributed by atoms with van der Waals surface area (Å²) >= 11 is 0. The van der Waals surface area contributed by atoms with Gasteiger partial charge in [0.1, 0.15) is 0 Å². The summed E-state index contributed by atoms with van der Waals surface area (Å²) in [6.45, 7) is 3.71. The number of rotatable bonds is 10. The van der Waals surface area contributed by atoms with Gasteiger partial charge in [-0.05, 0) is 49.4 Å². The smallest absolute Gasteiger partial charge is 0.191 e. The second-order valence-corrected chi connectivity index (χ2v) is 7.12. The lowest BCUT2D eigenvalue weighted by molar-refractivity contribution is 0.0732. The molecule has 5 nitrogen and oxygen atoms in total. The topological polar surface area (TPSA) is 54.9 Å². The number of hydrogen-bond donors (Lipinski definition) is 2. The molecule has 0 heterocycles. The van der Waals surface area contributed by atoms with Gasteiger partial charge in [0.05, 0.1) is 0 Å². The first kappa shape index (κ1) is 21.0. The van der Waals surface area contributed by atoms with Gasteiger partial charge in [-0.25, -0.2) is 0 Å². The molecule has 0 aliphatic heterocycles. The lowest BCUT2D eigenvalue weighted by Gasteiger charge is -2.42. The Labute approximate surface area is 158 Å². The highest BCUT2D eigenvalue weighted by Crippen LogP contribution is 2.48. The maximum Gasteiger partial charge on any atom is 0.191 e. The lowest BCUT2D eigenvalue weighted by atomic mass is 9.67. The summed E-state index contributed by atoms with van der Waals surface area (Å²) in [5.74, 6) is 0.937. The Bertz CT molecular complexity index is 369. The van der Waals surface area contributed by atoms with E-state index >= 15 is 0 Å². The number of guanidine groups is 1. The van der Waals surface area contributed by atoms with Gasteiger partial charge in [-0.2, -0.15) is 0 Å². The van der Waals surface area contributed by atoms with Crippen molar-refractivity contribution in [2.45, 2.75) is 44.9 Å². The van der Waals surface area contributed by atoms with Crippen LogP contribution in [0.5, 0.6) is 0 Å². The molecule has 0 bridgehead atoms. The number of halogens is 1. The van der Waals surface area contributed by atoms with Crippen LogP contribution in [0.3, 0.4) is 0 Å². The molecule has 6 heteroatoms. The van der Waals surface area contributed by atoms with Crippen molar-refractivity contribution >= 4 is 29.9 Å². The molecule has 0 amide bonds. The van der Waals surface area contributed by atoms with Crippen molar-refractivity contribution in [3.05, 3.63) is 0 Å². The van der Waals surface area contributed by atoms with E-state index in [2.05, 4.69) is 15.6 Å². The van der Waals surface area contributed by atoms with E-state index in [1.165, 1.54) is 32.1 Å². The first-order valence-corrected chi connectivity index (χ1v) is 8.60. The van der Waals surface area contributed by atoms with Crippen molar-refractivity contribution in [2.75, 3.05) is 47.6 Å². The van der Waals surface area contributed by atoms with Crippen molar-refractivity contribution in [1.82, 2.24) is 10.6 Å². The van der Waals surface area contributed by atoms with E-state index in [0.717, 1.165) is 45.1 Å². The van der Waals surface area contributed by atoms with Crippen LogP contribution >= 0.6 is 24.0 Å². The van der Waals surface area contributed by atoms with Crippen molar-refractivity contribution in [3.63, 3.8) is 0 Å². The zero-order valence-electron chi connectivity index (χ0n) is 15.0. The van der Waals surface area contributed by atoms with Gasteiger partial charge in [-0.1, -0.05) is 6.42 Å². The van der Waals surface area contributed by atoms with Crippen LogP contribution in [-0.4, -0.2) is 53.5 Å². The van der Waals surface area contributed by atoms with Crippen molar-refractivity contribution < 1.29 is 9.47 Å². The molecule has 0 spiro atoms. The molecule has 0 unspecified atom stereocenters. The molecule has 0 radical (unpaired) electrons. The van der Waals surface area contributed by atoms with Crippen molar-refractivity contribution in [2.24, 2.45) is 15.8 Å². The molecule has 23 heavy (non-hydrogen) atoms. The molecular weight excluding hydrogens is 405 g/mol. The monoisotopic (exact) mass is 439 g/mol. The van der Waals surface area contributed by atoms with Crippen LogP contribution in [0.15, 0.2) is 4.99 Å². The van der Waals surface area contributed by atoms with Crippen LogP contribution in [0.25, 0.3) is 0 Å². The highest BCUT2D eigenvalue weighted by atomic mass is 127. The Hall–Kier alpha value is -0.0800. The average molecular weight is 439 g/mol. The standard InChI is InChI=1S/C17H33N3O2.HI/c1-18-15(20-14-17(7-8-17)10-12-22-3)19-13-16(5-4-6-16)9-11-21-2;/h4-14H2,1-3H3,(H2,18,19,20);1H. The van der Waals surface area contributed by atoms with Crippen LogP contribution in [0.1, 0.15) is 44.9 Å². The SMILES string of the molecule is CN=C(NCC1(CCOC)CCC1)NCC1(CCOC)CC1.I. The summed E-state index contributed by atoms with van der Waals surface area (Å²) in [7, 11) is 5.42. The molecule has 0 atom stereocenters. The first-order valence-electron chi connectivity index (χ1n) is 8.60. The lowest BCUT2D eigenvalue weighted by Crippen LogP contribution is -2.48. The first-order chi connectivity index (χ1) is 10.7. The van der Waals surface area contributed by atoms with Gasteiger partial charge in [0.15, 0.2) is 5.96 Å². The van der Waals surface area contributed by atoms with E-state index in [4.69, 9.17) is 9.47 Å². The van der Waals surface area contributed by atoms with Crippen LogP contribution in [0.4, 0.5) is 0 Å². The summed E-state index contributed by atoms with van der Waals surface area (Å²) < 4.78 is 10.5. The fourth-order valence-corrected chi connectivity index (χ4v) is 3.28. The number of aliphatic imine (C=N–C) groups is 1. The normalized spacial score (nSPS) is 21.1. The molecule has 2 saturated carbocycles. The van der Waals surface area contributed by atoms with E-state index in [0.29, 0.717) is 10.8 Å². The molecule has 136 valence electrons. The average Bonchev–Trinajstić information content (AvgIpc) is 3.27. The molecule has 0 aromatic heterocycles. The molecule has 2 N–H and O–H groups in total. The van der Waals surface area contributed by atoms with Gasteiger partial charge < -0.3 is 20.1 Å². The van der Waals surface area contributed by atoms with Gasteiger partial charge in [0, 0.05) is 47.6 Å². The predicted octanol–water partition coefficient (Wildman–Crippen LogP) is 2.79. The third-order valence-electron chi connectivity index (χ3n) is 5.53. The van der Waals surface area contributed by atoms with Gasteiger partial charge in [-0.3, -0.25) is 4.99 Å². The Morgan fingerprint density at radius 1 is 0.913 bits per heavy atom. The third-order valence-corrected chi connectivity index (χ3v) is 5.53. The van der Waals surface area contributed by atoms with E-state index in [1.807, 2.05) is 7.05 Å². The molecule has 0 saturated heterocycles. The molecule has 0 aromatic rings. The zero-order chi connectivity index (χ0) is 15.9. The quantitative estimate of drug-likeness (QED) is 0.312. The van der Waals surface area contributed by atoms with E-state index < -0.39 is 0 Å². The van der Waals surface area contributed by atoms with E-state index in [1.54, 1.807) is 14.2 Å². The second-order valence-electron chi connectivity index (χ2n) is 7.12. The number of hydrogen-bond acceptors (Lipinski definition) is 3. The summed E-state index contributed by atoms with van der Waals surface area (Å²) in [4.78, 5) is 4.37. The predicted molar refractivity (Wildman–Crippen MR) is 106 cm³/mol. The van der Waals surface area contributed by atoms with Gasteiger partial charge in [-0.15, -0.1) is 24.0 Å². The molecule has 2 aliphatic carbocycles. The van der Waals surface area contributed by atoms with Crippen LogP contribution < -0.4 is 10.6 Å². The van der Waals surface area contributed by atoms with Crippen LogP contribution in [0, 0.1) is 10.8 Å². The largest absolute Gasteiger partial charge is 0.385 e. The van der Waals surface area contributed by atoms with Gasteiger partial charge >= 0.3 is 0 Å². The fraction of sp³-hybridized carbons (Fsp3) is 0.941. The third kappa shape index (κ3) is 6.38. The van der Waals surface area contributed by atoms with Gasteiger partial charge in [0.2, 0.25) is 0 Å². The molecule has 2 fully saturated rings. The Balaban J connectivity index is 0.00000264. The highest BCUT2D eigenvalue weighted by Gasteiger charge is 2.42. The minimum atomic E-state index is 0. The number of nitrogens with zero attached hydrogens (tertiary/aromatic N) is 1. The number of nitrogens with one attached hydrogen (secondary N) is 2. The highest BCUT2D eigenvalue weighted by molar-refractivity contribution is 14.0. The summed E-state index contributed by atoms with van der Waals surface area (Å²) in [6, 6.07) is 0. The Morgan fingerprint density at radius 2 is 1.39 bits per heavy atom. The summed E-state index contributed by atoms with van der Waals surface area (Å²) in [5.41, 5.74) is 0.860. The molecule has 2 rings (SSSR count).